The predicted octanol–water partition coefficient (Wildman–Crippen LogP) is 5.03. The zero-order valence-corrected chi connectivity index (χ0v) is 24.2. The molecule has 1 N–H and O–H groups in total. The molecule has 0 saturated carbocycles. The van der Waals surface area contributed by atoms with Crippen molar-refractivity contribution < 1.29 is 18.8 Å². The van der Waals surface area contributed by atoms with E-state index in [1.54, 1.807) is 0 Å². The van der Waals surface area contributed by atoms with Crippen molar-refractivity contribution in [2.75, 3.05) is 0 Å². The van der Waals surface area contributed by atoms with E-state index >= 15 is 0 Å². The van der Waals surface area contributed by atoms with Gasteiger partial charge in [0.15, 0.2) is 0 Å². The summed E-state index contributed by atoms with van der Waals surface area (Å²) >= 11 is 0. The molecule has 1 aliphatic heterocycles. The zero-order valence-electron chi connectivity index (χ0n) is 23.2. The van der Waals surface area contributed by atoms with Crippen molar-refractivity contribution >= 4 is 30.6 Å². The Morgan fingerprint density at radius 1 is 0.750 bits per heavy atom. The highest BCUT2D eigenvalue weighted by Crippen LogP contribution is 2.37. The SMILES string of the molecule is CC(C)(C)[Si](Oc1ccc(C[C@@H]2C(=O)N[C@@H]2C(=O)OCc2ccccc2)cc1)(c1ccccc1)c1ccccc1. The minimum Gasteiger partial charge on any atom is -0.534 e. The second kappa shape index (κ2) is 11.5. The third-order valence-corrected chi connectivity index (χ3v) is 12.5. The average molecular weight is 550 g/mol. The van der Waals surface area contributed by atoms with E-state index in [2.05, 4.69) is 74.6 Å². The summed E-state index contributed by atoms with van der Waals surface area (Å²) in [5, 5.41) is 4.98. The maximum absolute atomic E-state index is 12.7. The zero-order chi connectivity index (χ0) is 28.2. The lowest BCUT2D eigenvalue weighted by atomic mass is 9.85. The molecule has 0 radical (unpaired) electrons. The summed E-state index contributed by atoms with van der Waals surface area (Å²) in [7, 11) is -2.73. The lowest BCUT2D eigenvalue weighted by Gasteiger charge is -2.43. The van der Waals surface area contributed by atoms with Crippen LogP contribution in [0.25, 0.3) is 0 Å². The number of rotatable bonds is 9. The van der Waals surface area contributed by atoms with E-state index in [-0.39, 0.29) is 17.6 Å². The maximum Gasteiger partial charge on any atom is 0.329 e. The van der Waals surface area contributed by atoms with Crippen LogP contribution >= 0.6 is 0 Å². The fourth-order valence-electron chi connectivity index (χ4n) is 5.44. The van der Waals surface area contributed by atoms with Crippen LogP contribution in [0.3, 0.4) is 0 Å². The van der Waals surface area contributed by atoms with Gasteiger partial charge in [-0.1, -0.05) is 124 Å². The van der Waals surface area contributed by atoms with Crippen molar-refractivity contribution in [3.05, 3.63) is 126 Å². The van der Waals surface area contributed by atoms with Crippen LogP contribution in [-0.2, 0) is 27.4 Å². The number of nitrogens with one attached hydrogen (secondary N) is 1. The molecule has 2 atom stereocenters. The monoisotopic (exact) mass is 549 g/mol. The molecule has 5 rings (SSSR count). The Morgan fingerprint density at radius 3 is 1.77 bits per heavy atom. The van der Waals surface area contributed by atoms with E-state index in [1.807, 2.05) is 66.7 Å². The van der Waals surface area contributed by atoms with E-state index in [1.165, 1.54) is 10.4 Å². The molecule has 0 bridgehead atoms. The molecule has 4 aromatic carbocycles. The molecule has 6 heteroatoms. The predicted molar refractivity (Wildman–Crippen MR) is 160 cm³/mol. The van der Waals surface area contributed by atoms with Crippen LogP contribution in [0.15, 0.2) is 115 Å². The van der Waals surface area contributed by atoms with Crippen molar-refractivity contribution in [2.24, 2.45) is 5.92 Å². The van der Waals surface area contributed by atoms with Crippen molar-refractivity contribution in [3.63, 3.8) is 0 Å². The highest BCUT2D eigenvalue weighted by atomic mass is 28.4. The lowest BCUT2D eigenvalue weighted by Crippen LogP contribution is -2.68. The first-order valence-corrected chi connectivity index (χ1v) is 15.6. The van der Waals surface area contributed by atoms with Gasteiger partial charge in [0.25, 0.3) is 0 Å². The quantitative estimate of drug-likeness (QED) is 0.181. The molecule has 5 nitrogen and oxygen atoms in total. The Balaban J connectivity index is 1.33. The van der Waals surface area contributed by atoms with Gasteiger partial charge in [-0.25, -0.2) is 4.79 Å². The molecule has 0 aliphatic carbocycles. The van der Waals surface area contributed by atoms with Gasteiger partial charge in [0.05, 0.1) is 5.92 Å². The number of carbonyl (C=O) groups excluding carboxylic acids is 2. The minimum absolute atomic E-state index is 0.130. The first kappa shape index (κ1) is 27.4. The number of β-lactam (4-membered cyclic amide) rings is 1. The van der Waals surface area contributed by atoms with Crippen LogP contribution < -0.4 is 20.1 Å². The minimum atomic E-state index is -2.73. The standard InChI is InChI=1S/C34H35NO4Si/c1-34(2,3)40(28-15-9-5-10-16-28,29-17-11-6-12-18-29)39-27-21-19-25(20-22-27)23-30-31(35-32(30)36)33(37)38-24-26-13-7-4-8-14-26/h4-22,30-31H,23-24H2,1-3H3,(H,35,36)/t30-,31-/m0/s1. The van der Waals surface area contributed by atoms with Crippen molar-refractivity contribution in [3.8, 4) is 5.75 Å². The van der Waals surface area contributed by atoms with Gasteiger partial charge in [-0.05, 0) is 45.1 Å². The van der Waals surface area contributed by atoms with Crippen LogP contribution in [-0.4, -0.2) is 26.2 Å². The summed E-state index contributed by atoms with van der Waals surface area (Å²) in [4.78, 5) is 25.0. The number of amides is 1. The average Bonchev–Trinajstić information content (AvgIpc) is 2.97. The molecular weight excluding hydrogens is 514 g/mol. The second-order valence-corrected chi connectivity index (χ2v) is 15.5. The fraction of sp³-hybridized carbons (Fsp3) is 0.235. The molecule has 1 saturated heterocycles. The van der Waals surface area contributed by atoms with Gasteiger partial charge in [-0.2, -0.15) is 0 Å². The Bertz CT molecular complexity index is 1400. The lowest BCUT2D eigenvalue weighted by molar-refractivity contribution is -0.158. The third-order valence-electron chi connectivity index (χ3n) is 7.58. The maximum atomic E-state index is 12.7. The second-order valence-electron chi connectivity index (χ2n) is 11.3. The topological polar surface area (TPSA) is 64.6 Å². The molecule has 4 aromatic rings. The van der Waals surface area contributed by atoms with Gasteiger partial charge >= 0.3 is 14.3 Å². The molecule has 0 unspecified atom stereocenters. The molecule has 1 heterocycles. The van der Waals surface area contributed by atoms with Crippen LogP contribution in [0.1, 0.15) is 31.9 Å². The summed E-state index contributed by atoms with van der Waals surface area (Å²) in [6.07, 6.45) is 0.455. The molecule has 0 spiro atoms. The molecule has 1 fully saturated rings. The number of carbonyl (C=O) groups is 2. The third kappa shape index (κ3) is 5.58. The first-order valence-electron chi connectivity index (χ1n) is 13.7. The smallest absolute Gasteiger partial charge is 0.329 e. The van der Waals surface area contributed by atoms with Gasteiger partial charge in [0, 0.05) is 0 Å². The first-order chi connectivity index (χ1) is 19.3. The van der Waals surface area contributed by atoms with E-state index in [0.717, 1.165) is 16.9 Å². The van der Waals surface area contributed by atoms with Crippen molar-refractivity contribution in [1.29, 1.82) is 0 Å². The number of benzene rings is 4. The van der Waals surface area contributed by atoms with Gasteiger partial charge < -0.3 is 14.5 Å². The largest absolute Gasteiger partial charge is 0.534 e. The van der Waals surface area contributed by atoms with E-state index < -0.39 is 26.2 Å². The molecule has 1 aliphatic rings. The molecule has 204 valence electrons. The molecule has 0 aromatic heterocycles. The van der Waals surface area contributed by atoms with Crippen LogP contribution in [0.5, 0.6) is 5.75 Å². The highest BCUT2D eigenvalue weighted by Gasteiger charge is 2.52. The van der Waals surface area contributed by atoms with Gasteiger partial charge in [-0.15, -0.1) is 0 Å². The van der Waals surface area contributed by atoms with Crippen molar-refractivity contribution in [1.82, 2.24) is 5.32 Å². The van der Waals surface area contributed by atoms with Crippen LogP contribution in [0.4, 0.5) is 0 Å². The number of hydrogen-bond acceptors (Lipinski definition) is 4. The van der Waals surface area contributed by atoms with Gasteiger partial charge in [0.2, 0.25) is 5.91 Å². The van der Waals surface area contributed by atoms with E-state index in [0.29, 0.717) is 6.42 Å². The number of hydrogen-bond donors (Lipinski definition) is 1. The summed E-state index contributed by atoms with van der Waals surface area (Å²) < 4.78 is 12.5. The Labute approximate surface area is 237 Å². The summed E-state index contributed by atoms with van der Waals surface area (Å²) in [6, 6.07) is 37.9. The normalized spacial score (nSPS) is 16.9. The van der Waals surface area contributed by atoms with Crippen LogP contribution in [0.2, 0.25) is 5.04 Å². The summed E-state index contributed by atoms with van der Waals surface area (Å²) in [6.45, 7) is 6.94. The van der Waals surface area contributed by atoms with Crippen molar-refractivity contribution in [2.45, 2.75) is 44.9 Å². The van der Waals surface area contributed by atoms with E-state index in [9.17, 15) is 9.59 Å². The molecule has 40 heavy (non-hydrogen) atoms. The van der Waals surface area contributed by atoms with Gasteiger partial charge in [-0.3, -0.25) is 4.79 Å². The fourth-order valence-corrected chi connectivity index (χ4v) is 9.86. The number of esters is 1. The summed E-state index contributed by atoms with van der Waals surface area (Å²) in [5.41, 5.74) is 1.88. The number of ether oxygens (including phenoxy) is 1. The highest BCUT2D eigenvalue weighted by molar-refractivity contribution is 7.00. The Morgan fingerprint density at radius 2 is 1.27 bits per heavy atom. The summed E-state index contributed by atoms with van der Waals surface area (Å²) in [5.74, 6) is -0.198. The molecular formula is C34H35NO4Si. The van der Waals surface area contributed by atoms with E-state index in [4.69, 9.17) is 9.16 Å². The van der Waals surface area contributed by atoms with Gasteiger partial charge in [0.1, 0.15) is 18.4 Å². The Hall–Kier alpha value is -4.16. The molecule has 1 amide bonds. The Kier molecular flexibility index (Phi) is 7.89. The van der Waals surface area contributed by atoms with Crippen LogP contribution in [0, 0.1) is 5.92 Å².